The van der Waals surface area contributed by atoms with Crippen LogP contribution in [0.1, 0.15) is 11.1 Å². The number of rotatable bonds is 1. The Morgan fingerprint density at radius 1 is 1.40 bits per heavy atom. The molecule has 1 aliphatic rings. The summed E-state index contributed by atoms with van der Waals surface area (Å²) in [6, 6.07) is 5.78. The van der Waals surface area contributed by atoms with E-state index in [0.717, 1.165) is 22.0 Å². The second-order valence-electron chi connectivity index (χ2n) is 3.65. The minimum absolute atomic E-state index is 0.259. The highest BCUT2D eigenvalue weighted by Crippen LogP contribution is 2.30. The summed E-state index contributed by atoms with van der Waals surface area (Å²) in [5, 5.41) is 11.8. The molecule has 3 rings (SSSR count). The number of benzene rings is 1. The van der Waals surface area contributed by atoms with Gasteiger partial charge in [0.2, 0.25) is 0 Å². The Hall–Kier alpha value is -2.10. The van der Waals surface area contributed by atoms with Gasteiger partial charge in [-0.2, -0.15) is 0 Å². The van der Waals surface area contributed by atoms with Crippen LogP contribution < -0.4 is 0 Å². The van der Waals surface area contributed by atoms with Crippen molar-refractivity contribution in [2.45, 2.75) is 6.42 Å². The van der Waals surface area contributed by atoms with Gasteiger partial charge in [-0.25, -0.2) is 0 Å². The molecule has 0 amide bonds. The molecule has 0 aliphatic heterocycles. The van der Waals surface area contributed by atoms with Crippen LogP contribution in [0.15, 0.2) is 30.1 Å². The van der Waals surface area contributed by atoms with Gasteiger partial charge in [0.05, 0.1) is 11.3 Å². The monoisotopic (exact) mass is 200 g/mol. The zero-order valence-corrected chi connectivity index (χ0v) is 7.86. The van der Waals surface area contributed by atoms with E-state index in [2.05, 4.69) is 4.98 Å². The van der Waals surface area contributed by atoms with Gasteiger partial charge in [0.1, 0.15) is 0 Å². The number of nitro groups is 1. The van der Waals surface area contributed by atoms with E-state index >= 15 is 0 Å². The predicted octanol–water partition coefficient (Wildman–Crippen LogP) is 2.34. The second kappa shape index (κ2) is 2.70. The summed E-state index contributed by atoms with van der Waals surface area (Å²) >= 11 is 0. The van der Waals surface area contributed by atoms with Crippen molar-refractivity contribution in [3.05, 3.63) is 51.3 Å². The van der Waals surface area contributed by atoms with Gasteiger partial charge in [-0.05, 0) is 17.2 Å². The topological polar surface area (TPSA) is 58.9 Å². The lowest BCUT2D eigenvalue weighted by Gasteiger charge is -2.07. The number of aromatic amines is 1. The molecule has 2 aromatic rings. The molecule has 0 unspecified atom stereocenters. The minimum atomic E-state index is -0.311. The molecule has 0 radical (unpaired) electrons. The highest BCUT2D eigenvalue weighted by atomic mass is 16.6. The summed E-state index contributed by atoms with van der Waals surface area (Å²) in [7, 11) is 0. The quantitative estimate of drug-likeness (QED) is 0.567. The molecular weight excluding hydrogens is 192 g/mol. The van der Waals surface area contributed by atoms with Crippen molar-refractivity contribution < 1.29 is 4.92 Å². The molecule has 4 heteroatoms. The van der Waals surface area contributed by atoms with Crippen LogP contribution in [0.25, 0.3) is 17.0 Å². The molecule has 4 nitrogen and oxygen atoms in total. The van der Waals surface area contributed by atoms with Gasteiger partial charge in [-0.3, -0.25) is 10.1 Å². The number of aromatic nitrogens is 1. The highest BCUT2D eigenvalue weighted by Gasteiger charge is 2.21. The molecule has 0 spiro atoms. The van der Waals surface area contributed by atoms with Crippen LogP contribution in [0.3, 0.4) is 0 Å². The van der Waals surface area contributed by atoms with E-state index < -0.39 is 0 Å². The van der Waals surface area contributed by atoms with E-state index in [1.54, 1.807) is 6.08 Å². The lowest BCUT2D eigenvalue weighted by Crippen LogP contribution is -2.05. The van der Waals surface area contributed by atoms with Gasteiger partial charge in [0.15, 0.2) is 0 Å². The van der Waals surface area contributed by atoms with Crippen molar-refractivity contribution in [1.29, 1.82) is 0 Å². The Morgan fingerprint density at radius 2 is 2.27 bits per heavy atom. The molecule has 1 N–H and O–H groups in total. The van der Waals surface area contributed by atoms with Crippen molar-refractivity contribution in [2.24, 2.45) is 0 Å². The number of nitrogens with one attached hydrogen (secondary N) is 1. The van der Waals surface area contributed by atoms with Gasteiger partial charge in [-0.15, -0.1) is 0 Å². The molecule has 15 heavy (non-hydrogen) atoms. The largest absolute Gasteiger partial charge is 0.361 e. The van der Waals surface area contributed by atoms with Crippen LogP contribution in [0.2, 0.25) is 0 Å². The molecule has 1 heterocycles. The average molecular weight is 200 g/mol. The van der Waals surface area contributed by atoms with Crippen LogP contribution in [-0.2, 0) is 6.42 Å². The van der Waals surface area contributed by atoms with Gasteiger partial charge >= 0.3 is 0 Å². The van der Waals surface area contributed by atoms with E-state index in [4.69, 9.17) is 0 Å². The minimum Gasteiger partial charge on any atom is -0.361 e. The van der Waals surface area contributed by atoms with E-state index in [1.807, 2.05) is 24.4 Å². The molecular formula is C11H8N2O2. The van der Waals surface area contributed by atoms with Gasteiger partial charge < -0.3 is 4.98 Å². The Labute approximate surface area is 85.4 Å². The van der Waals surface area contributed by atoms with E-state index in [-0.39, 0.29) is 10.6 Å². The van der Waals surface area contributed by atoms with Crippen molar-refractivity contribution in [3.8, 4) is 0 Å². The highest BCUT2D eigenvalue weighted by molar-refractivity contribution is 5.93. The van der Waals surface area contributed by atoms with E-state index in [0.29, 0.717) is 6.42 Å². The lowest BCUT2D eigenvalue weighted by atomic mass is 9.97. The third kappa shape index (κ3) is 1.08. The van der Waals surface area contributed by atoms with E-state index in [9.17, 15) is 10.1 Å². The molecule has 1 aromatic heterocycles. The third-order valence-corrected chi connectivity index (χ3v) is 2.75. The number of hydrogen-bond acceptors (Lipinski definition) is 2. The third-order valence-electron chi connectivity index (χ3n) is 2.75. The summed E-state index contributed by atoms with van der Waals surface area (Å²) in [6.45, 7) is 0. The molecule has 0 bridgehead atoms. The Bertz CT molecular complexity index is 596. The Balaban J connectivity index is 2.33. The predicted molar refractivity (Wildman–Crippen MR) is 57.0 cm³/mol. The molecule has 1 aromatic carbocycles. The zero-order chi connectivity index (χ0) is 10.4. The van der Waals surface area contributed by atoms with Crippen molar-refractivity contribution in [2.75, 3.05) is 0 Å². The van der Waals surface area contributed by atoms with Crippen LogP contribution in [0.4, 0.5) is 0 Å². The summed E-state index contributed by atoms with van der Waals surface area (Å²) in [4.78, 5) is 13.5. The molecule has 1 aliphatic carbocycles. The number of H-pyrrole nitrogens is 1. The van der Waals surface area contributed by atoms with Crippen LogP contribution in [-0.4, -0.2) is 9.91 Å². The number of hydrogen-bond donors (Lipinski definition) is 1. The average Bonchev–Trinajstić information content (AvgIpc) is 2.64. The standard InChI is InChI=1S/C11H8N2O2/c14-13(15)9-4-7-2-1-3-10-11(7)8(5-9)6-12-10/h1-4,6,12H,5H2. The molecule has 0 atom stereocenters. The number of nitrogens with zero attached hydrogens (tertiary/aromatic N) is 1. The lowest BCUT2D eigenvalue weighted by molar-refractivity contribution is -0.425. The normalized spacial score (nSPS) is 14.0. The molecule has 0 saturated heterocycles. The van der Waals surface area contributed by atoms with Gasteiger partial charge in [-0.1, -0.05) is 12.1 Å². The van der Waals surface area contributed by atoms with Gasteiger partial charge in [0.25, 0.3) is 5.70 Å². The zero-order valence-electron chi connectivity index (χ0n) is 7.86. The first-order chi connectivity index (χ1) is 7.25. The first-order valence-electron chi connectivity index (χ1n) is 4.69. The van der Waals surface area contributed by atoms with E-state index in [1.165, 1.54) is 0 Å². The SMILES string of the molecule is O=[N+]([O-])C1=Cc2cccc3[nH]cc(c23)C1. The molecule has 0 saturated carbocycles. The first-order valence-corrected chi connectivity index (χ1v) is 4.69. The smallest absolute Gasteiger partial charge is 0.251 e. The summed E-state index contributed by atoms with van der Waals surface area (Å²) in [5.41, 5.74) is 3.24. The molecule has 74 valence electrons. The molecule has 0 fully saturated rings. The summed E-state index contributed by atoms with van der Waals surface area (Å²) < 4.78 is 0. The maximum absolute atomic E-state index is 10.7. The maximum Gasteiger partial charge on any atom is 0.251 e. The van der Waals surface area contributed by atoms with Crippen molar-refractivity contribution in [1.82, 2.24) is 4.98 Å². The fraction of sp³-hybridized carbons (Fsp3) is 0.0909. The Morgan fingerprint density at radius 3 is 3.07 bits per heavy atom. The first kappa shape index (κ1) is 8.23. The van der Waals surface area contributed by atoms with Crippen molar-refractivity contribution >= 4 is 17.0 Å². The summed E-state index contributed by atoms with van der Waals surface area (Å²) in [6.07, 6.45) is 3.91. The fourth-order valence-corrected chi connectivity index (χ4v) is 2.09. The second-order valence-corrected chi connectivity index (χ2v) is 3.65. The van der Waals surface area contributed by atoms with Crippen LogP contribution >= 0.6 is 0 Å². The van der Waals surface area contributed by atoms with Crippen molar-refractivity contribution in [3.63, 3.8) is 0 Å². The van der Waals surface area contributed by atoms with Crippen LogP contribution in [0, 0.1) is 10.1 Å². The number of allylic oxidation sites excluding steroid dienone is 1. The fourth-order valence-electron chi connectivity index (χ4n) is 2.09. The Kier molecular flexibility index (Phi) is 1.48. The summed E-state index contributed by atoms with van der Waals surface area (Å²) in [5.74, 6) is 0. The van der Waals surface area contributed by atoms with Gasteiger partial charge in [0, 0.05) is 23.2 Å². The maximum atomic E-state index is 10.7. The van der Waals surface area contributed by atoms with Crippen LogP contribution in [0.5, 0.6) is 0 Å².